The Kier molecular flexibility index (Phi) is 6.08. The van der Waals surface area contributed by atoms with Crippen molar-refractivity contribution in [2.45, 2.75) is 26.2 Å². The summed E-state index contributed by atoms with van der Waals surface area (Å²) < 4.78 is 0. The number of hydrogen-bond donors (Lipinski definition) is 1. The maximum Gasteiger partial charge on any atom is 0.323 e. The third-order valence-electron chi connectivity index (χ3n) is 4.42. The van der Waals surface area contributed by atoms with Gasteiger partial charge in [0, 0.05) is 31.6 Å². The Morgan fingerprint density at radius 3 is 2.96 bits per heavy atom. The number of urea groups is 1. The number of rotatable bonds is 4. The molecule has 1 N–H and O–H groups in total. The molecule has 26 heavy (non-hydrogen) atoms. The van der Waals surface area contributed by atoms with E-state index in [1.54, 1.807) is 0 Å². The minimum atomic E-state index is -0.0992. The van der Waals surface area contributed by atoms with Crippen LogP contribution in [0.25, 0.3) is 0 Å². The molecule has 1 aliphatic rings. The van der Waals surface area contributed by atoms with Gasteiger partial charge in [-0.15, -0.1) is 11.3 Å². The van der Waals surface area contributed by atoms with E-state index in [1.807, 2.05) is 34.5 Å². The first-order valence-corrected chi connectivity index (χ1v) is 9.83. The van der Waals surface area contributed by atoms with E-state index in [1.165, 1.54) is 11.3 Å². The Morgan fingerprint density at radius 1 is 1.31 bits per heavy atom. The molecule has 1 aliphatic heterocycles. The Hall–Kier alpha value is -2.59. The molecule has 0 spiro atoms. The van der Waals surface area contributed by atoms with E-state index in [0.29, 0.717) is 30.3 Å². The van der Waals surface area contributed by atoms with Gasteiger partial charge in [0.25, 0.3) is 0 Å². The zero-order valence-electron chi connectivity index (χ0n) is 14.9. The zero-order valence-corrected chi connectivity index (χ0v) is 15.8. The molecule has 6 nitrogen and oxygen atoms in total. The fourth-order valence-corrected chi connectivity index (χ4v) is 3.85. The molecule has 0 radical (unpaired) electrons. The Bertz CT molecular complexity index is 797. The summed E-state index contributed by atoms with van der Waals surface area (Å²) in [5.74, 6) is 0. The maximum absolute atomic E-state index is 12.6. The molecule has 0 aliphatic carbocycles. The van der Waals surface area contributed by atoms with Crippen molar-refractivity contribution < 1.29 is 4.79 Å². The number of nitrogens with zero attached hydrogens (tertiary/aromatic N) is 4. The Morgan fingerprint density at radius 2 is 2.15 bits per heavy atom. The molecule has 1 aromatic carbocycles. The van der Waals surface area contributed by atoms with Gasteiger partial charge in [0.15, 0.2) is 5.13 Å². The van der Waals surface area contributed by atoms with E-state index in [9.17, 15) is 10.1 Å². The fraction of sp³-hybridized carbons (Fsp3) is 0.421. The van der Waals surface area contributed by atoms with Crippen molar-refractivity contribution in [2.24, 2.45) is 0 Å². The number of amides is 2. The molecule has 1 saturated heterocycles. The largest absolute Gasteiger partial charge is 0.369 e. The van der Waals surface area contributed by atoms with Gasteiger partial charge < -0.3 is 9.80 Å². The minimum Gasteiger partial charge on any atom is -0.369 e. The van der Waals surface area contributed by atoms with E-state index >= 15 is 0 Å². The average Bonchev–Trinajstić information content (AvgIpc) is 2.94. The van der Waals surface area contributed by atoms with Gasteiger partial charge in [0.05, 0.1) is 16.9 Å². The number of nitriles is 1. The highest BCUT2D eigenvalue weighted by Crippen LogP contribution is 2.22. The second-order valence-corrected chi connectivity index (χ2v) is 7.14. The van der Waals surface area contributed by atoms with Crippen LogP contribution in [0.4, 0.5) is 15.6 Å². The molecular weight excluding hydrogens is 346 g/mol. The van der Waals surface area contributed by atoms with E-state index in [-0.39, 0.29) is 6.03 Å². The summed E-state index contributed by atoms with van der Waals surface area (Å²) in [6.45, 7) is 4.99. The second kappa shape index (κ2) is 8.68. The number of nitrogens with one attached hydrogen (secondary N) is 1. The number of hydrogen-bond acceptors (Lipinski definition) is 5. The standard InChI is InChI=1S/C19H23N5OS/c1-2-6-16-14-26-18(21-16)22-19(25)24-10-5-9-23(11-12-24)17-8-4-3-7-15(17)13-20/h3-4,7-8,14H,2,5-6,9-12H2,1H3,(H,21,22,25). The zero-order chi connectivity index (χ0) is 18.4. The number of para-hydroxylation sites is 1. The lowest BCUT2D eigenvalue weighted by atomic mass is 10.1. The smallest absolute Gasteiger partial charge is 0.323 e. The molecular formula is C19H23N5OS. The normalized spacial score (nSPS) is 14.6. The van der Waals surface area contributed by atoms with Gasteiger partial charge in [-0.25, -0.2) is 9.78 Å². The van der Waals surface area contributed by atoms with Gasteiger partial charge in [0.2, 0.25) is 0 Å². The molecule has 2 aromatic rings. The lowest BCUT2D eigenvalue weighted by Gasteiger charge is -2.24. The number of thiazole rings is 1. The van der Waals surface area contributed by atoms with Crippen LogP contribution in [0.5, 0.6) is 0 Å². The fourth-order valence-electron chi connectivity index (χ4n) is 3.11. The SMILES string of the molecule is CCCc1csc(NC(=O)N2CCCN(c3ccccc3C#N)CC2)n1. The van der Waals surface area contributed by atoms with Crippen LogP contribution in [0.2, 0.25) is 0 Å². The summed E-state index contributed by atoms with van der Waals surface area (Å²) in [5, 5.41) is 14.9. The molecule has 1 aromatic heterocycles. The van der Waals surface area contributed by atoms with Crippen molar-refractivity contribution in [3.63, 3.8) is 0 Å². The van der Waals surface area contributed by atoms with Crippen LogP contribution >= 0.6 is 11.3 Å². The van der Waals surface area contributed by atoms with Gasteiger partial charge in [-0.2, -0.15) is 5.26 Å². The molecule has 0 bridgehead atoms. The molecule has 7 heteroatoms. The summed E-state index contributed by atoms with van der Waals surface area (Å²) in [6.07, 6.45) is 2.85. The first-order valence-electron chi connectivity index (χ1n) is 8.95. The molecule has 0 atom stereocenters. The van der Waals surface area contributed by atoms with Crippen molar-refractivity contribution in [3.8, 4) is 6.07 Å². The van der Waals surface area contributed by atoms with Crippen LogP contribution in [-0.2, 0) is 6.42 Å². The number of aromatic nitrogens is 1. The van der Waals surface area contributed by atoms with Crippen LogP contribution in [0.3, 0.4) is 0 Å². The van der Waals surface area contributed by atoms with Crippen LogP contribution < -0.4 is 10.2 Å². The number of aryl methyl sites for hydroxylation is 1. The van der Waals surface area contributed by atoms with Crippen LogP contribution in [-0.4, -0.2) is 42.1 Å². The van der Waals surface area contributed by atoms with Gasteiger partial charge in [-0.05, 0) is 25.0 Å². The number of carbonyl (C=O) groups excluding carboxylic acids is 1. The molecule has 3 rings (SSSR count). The van der Waals surface area contributed by atoms with Gasteiger partial charge >= 0.3 is 6.03 Å². The first kappa shape index (κ1) is 18.2. The Balaban J connectivity index is 1.61. The third-order valence-corrected chi connectivity index (χ3v) is 5.23. The van der Waals surface area contributed by atoms with Gasteiger partial charge in [0.1, 0.15) is 6.07 Å². The number of benzene rings is 1. The summed E-state index contributed by atoms with van der Waals surface area (Å²) >= 11 is 1.47. The predicted molar refractivity (Wildman–Crippen MR) is 105 cm³/mol. The highest BCUT2D eigenvalue weighted by Gasteiger charge is 2.21. The van der Waals surface area contributed by atoms with Crippen LogP contribution in [0, 0.1) is 11.3 Å². The lowest BCUT2D eigenvalue weighted by molar-refractivity contribution is 0.215. The summed E-state index contributed by atoms with van der Waals surface area (Å²) in [4.78, 5) is 21.0. The van der Waals surface area contributed by atoms with E-state index in [0.717, 1.165) is 37.2 Å². The van der Waals surface area contributed by atoms with Crippen molar-refractivity contribution in [1.29, 1.82) is 5.26 Å². The average molecular weight is 369 g/mol. The Labute approximate surface area is 158 Å². The second-order valence-electron chi connectivity index (χ2n) is 6.28. The van der Waals surface area contributed by atoms with Crippen LogP contribution in [0.15, 0.2) is 29.6 Å². The quantitative estimate of drug-likeness (QED) is 0.892. The summed E-state index contributed by atoms with van der Waals surface area (Å²) in [6, 6.07) is 9.78. The molecule has 1 fully saturated rings. The van der Waals surface area contributed by atoms with E-state index < -0.39 is 0 Å². The predicted octanol–water partition coefficient (Wildman–Crippen LogP) is 3.71. The highest BCUT2D eigenvalue weighted by atomic mass is 32.1. The van der Waals surface area contributed by atoms with Crippen molar-refractivity contribution in [2.75, 3.05) is 36.4 Å². The van der Waals surface area contributed by atoms with Crippen molar-refractivity contribution >= 4 is 28.2 Å². The topological polar surface area (TPSA) is 72.3 Å². The van der Waals surface area contributed by atoms with E-state index in [2.05, 4.69) is 28.2 Å². The monoisotopic (exact) mass is 369 g/mol. The molecule has 2 heterocycles. The summed E-state index contributed by atoms with van der Waals surface area (Å²) in [5.41, 5.74) is 2.65. The lowest BCUT2D eigenvalue weighted by Crippen LogP contribution is -2.38. The van der Waals surface area contributed by atoms with Crippen molar-refractivity contribution in [3.05, 3.63) is 40.9 Å². The summed E-state index contributed by atoms with van der Waals surface area (Å²) in [7, 11) is 0. The molecule has 136 valence electrons. The van der Waals surface area contributed by atoms with Crippen LogP contribution in [0.1, 0.15) is 31.0 Å². The van der Waals surface area contributed by atoms with Gasteiger partial charge in [-0.3, -0.25) is 5.32 Å². The number of anilines is 2. The van der Waals surface area contributed by atoms with Crippen molar-refractivity contribution in [1.82, 2.24) is 9.88 Å². The first-order chi connectivity index (χ1) is 12.7. The highest BCUT2D eigenvalue weighted by molar-refractivity contribution is 7.13. The third kappa shape index (κ3) is 4.33. The molecule has 0 unspecified atom stereocenters. The molecule has 0 saturated carbocycles. The number of carbonyl (C=O) groups is 1. The minimum absolute atomic E-state index is 0.0992. The molecule has 2 amide bonds. The van der Waals surface area contributed by atoms with Gasteiger partial charge in [-0.1, -0.05) is 25.5 Å². The maximum atomic E-state index is 12.6. The van der Waals surface area contributed by atoms with E-state index in [4.69, 9.17) is 0 Å².